The molecule has 2 aromatic carbocycles. The van der Waals surface area contributed by atoms with Crippen LogP contribution in [0.2, 0.25) is 0 Å². The Labute approximate surface area is 195 Å². The van der Waals surface area contributed by atoms with Crippen LogP contribution in [0.4, 0.5) is 10.4 Å². The Hall–Kier alpha value is -3.16. The van der Waals surface area contributed by atoms with Crippen molar-refractivity contribution < 1.29 is 30.4 Å². The fraction of sp³-hybridized carbons (Fsp3) is 0.286. The van der Waals surface area contributed by atoms with Crippen molar-refractivity contribution in [2.75, 3.05) is 24.7 Å². The molecule has 0 aliphatic carbocycles. The highest BCUT2D eigenvalue weighted by Gasteiger charge is 2.32. The lowest BCUT2D eigenvalue weighted by Crippen LogP contribution is -2.41. The highest BCUT2D eigenvalue weighted by Crippen LogP contribution is 2.26. The number of carbonyl (C=O) groups excluding carboxylic acids is 1. The molecule has 0 radical (unpaired) electrons. The minimum Gasteiger partial charge on any atom is -0.403 e. The highest BCUT2D eigenvalue weighted by atomic mass is 32.2. The van der Waals surface area contributed by atoms with Gasteiger partial charge in [-0.3, -0.25) is 10.1 Å². The van der Waals surface area contributed by atoms with Crippen molar-refractivity contribution in [2.45, 2.75) is 22.6 Å². The van der Waals surface area contributed by atoms with Crippen LogP contribution in [0.3, 0.4) is 0 Å². The molecule has 0 bridgehead atoms. The van der Waals surface area contributed by atoms with Gasteiger partial charge < -0.3 is 4.42 Å². The van der Waals surface area contributed by atoms with Crippen LogP contribution in [0, 0.1) is 11.7 Å². The molecule has 1 amide bonds. The molecule has 1 fully saturated rings. The lowest BCUT2D eigenvalue weighted by Gasteiger charge is -2.30. The van der Waals surface area contributed by atoms with Crippen molar-refractivity contribution in [1.82, 2.24) is 14.5 Å². The van der Waals surface area contributed by atoms with Crippen LogP contribution in [0.15, 0.2) is 62.7 Å². The smallest absolute Gasteiger partial charge is 0.322 e. The summed E-state index contributed by atoms with van der Waals surface area (Å²) in [7, 11) is -7.26. The highest BCUT2D eigenvalue weighted by molar-refractivity contribution is 7.90. The topological polar surface area (TPSA) is 140 Å². The second-order valence-corrected chi connectivity index (χ2v) is 11.8. The van der Waals surface area contributed by atoms with Crippen LogP contribution < -0.4 is 5.32 Å². The third-order valence-electron chi connectivity index (χ3n) is 5.46. The van der Waals surface area contributed by atoms with E-state index in [-0.39, 0.29) is 53.5 Å². The number of amides is 1. The number of piperidine rings is 1. The zero-order valence-corrected chi connectivity index (χ0v) is 19.6. The number of sulfonamides is 1. The Bertz CT molecular complexity index is 1400. The van der Waals surface area contributed by atoms with E-state index in [2.05, 4.69) is 15.5 Å². The number of halogens is 1. The Morgan fingerprint density at radius 3 is 2.15 bits per heavy atom. The van der Waals surface area contributed by atoms with Crippen LogP contribution in [0.25, 0.3) is 11.5 Å². The van der Waals surface area contributed by atoms with E-state index < -0.39 is 31.6 Å². The van der Waals surface area contributed by atoms with E-state index in [9.17, 15) is 26.0 Å². The number of hydrogen-bond donors (Lipinski definition) is 1. The van der Waals surface area contributed by atoms with E-state index in [4.69, 9.17) is 4.42 Å². The SMILES string of the molecule is CS(=O)(=O)c1ccc(S(=O)(=O)N2CCC(C(=O)Nc3nnc(-c4ccc(F)cc4)o3)CC2)cc1. The van der Waals surface area contributed by atoms with Crippen molar-refractivity contribution in [3.05, 3.63) is 54.3 Å². The van der Waals surface area contributed by atoms with Crippen molar-refractivity contribution in [3.63, 3.8) is 0 Å². The Balaban J connectivity index is 1.36. The minimum atomic E-state index is -3.82. The van der Waals surface area contributed by atoms with E-state index in [0.29, 0.717) is 5.56 Å². The molecule has 1 N–H and O–H groups in total. The fourth-order valence-electron chi connectivity index (χ4n) is 3.56. The third kappa shape index (κ3) is 5.16. The quantitative estimate of drug-likeness (QED) is 0.535. The fourth-order valence-corrected chi connectivity index (χ4v) is 5.66. The van der Waals surface area contributed by atoms with Gasteiger partial charge in [0.05, 0.1) is 9.79 Å². The van der Waals surface area contributed by atoms with E-state index in [1.807, 2.05) is 0 Å². The number of sulfone groups is 1. The molecule has 13 heteroatoms. The molecule has 10 nitrogen and oxygen atoms in total. The Kier molecular flexibility index (Phi) is 6.51. The number of anilines is 1. The normalized spacial score (nSPS) is 15.8. The van der Waals surface area contributed by atoms with Crippen molar-refractivity contribution >= 4 is 31.8 Å². The van der Waals surface area contributed by atoms with Crippen molar-refractivity contribution in [3.8, 4) is 11.5 Å². The van der Waals surface area contributed by atoms with Crippen LogP contribution in [-0.4, -0.2) is 56.6 Å². The van der Waals surface area contributed by atoms with Crippen LogP contribution in [0.1, 0.15) is 12.8 Å². The summed E-state index contributed by atoms with van der Waals surface area (Å²) in [6.07, 6.45) is 1.61. The Morgan fingerprint density at radius 2 is 1.56 bits per heavy atom. The molecular weight excluding hydrogens is 487 g/mol. The van der Waals surface area contributed by atoms with Crippen molar-refractivity contribution in [2.24, 2.45) is 5.92 Å². The molecule has 1 saturated heterocycles. The van der Waals surface area contributed by atoms with Gasteiger partial charge in [-0.15, -0.1) is 5.10 Å². The molecule has 3 aromatic rings. The largest absolute Gasteiger partial charge is 0.403 e. The second kappa shape index (κ2) is 9.24. The maximum Gasteiger partial charge on any atom is 0.322 e. The molecule has 180 valence electrons. The van der Waals surface area contributed by atoms with E-state index in [0.717, 1.165) is 6.26 Å². The first-order valence-corrected chi connectivity index (χ1v) is 13.6. The van der Waals surface area contributed by atoms with E-state index in [1.54, 1.807) is 0 Å². The molecule has 1 aliphatic heterocycles. The summed E-state index contributed by atoms with van der Waals surface area (Å²) >= 11 is 0. The second-order valence-electron chi connectivity index (χ2n) is 7.83. The van der Waals surface area contributed by atoms with Crippen LogP contribution in [-0.2, 0) is 24.7 Å². The number of benzene rings is 2. The number of nitrogens with one attached hydrogen (secondary N) is 1. The summed E-state index contributed by atoms with van der Waals surface area (Å²) in [5, 5.41) is 10.2. The van der Waals surface area contributed by atoms with Gasteiger partial charge in [0, 0.05) is 30.8 Å². The number of nitrogens with zero attached hydrogens (tertiary/aromatic N) is 3. The molecule has 1 aliphatic rings. The molecule has 0 unspecified atom stereocenters. The molecule has 34 heavy (non-hydrogen) atoms. The lowest BCUT2D eigenvalue weighted by molar-refractivity contribution is -0.121. The molecule has 0 spiro atoms. The number of carbonyl (C=O) groups is 1. The van der Waals surface area contributed by atoms with Gasteiger partial charge >= 0.3 is 6.01 Å². The molecular formula is C21H21FN4O6S2. The molecule has 1 aromatic heterocycles. The van der Waals surface area contributed by atoms with Gasteiger partial charge in [0.1, 0.15) is 5.82 Å². The zero-order chi connectivity index (χ0) is 24.5. The predicted molar refractivity (Wildman–Crippen MR) is 119 cm³/mol. The molecule has 4 rings (SSSR count). The third-order valence-corrected chi connectivity index (χ3v) is 8.50. The first-order valence-electron chi connectivity index (χ1n) is 10.2. The maximum absolute atomic E-state index is 13.1. The monoisotopic (exact) mass is 508 g/mol. The average Bonchev–Trinajstić information content (AvgIpc) is 3.27. The zero-order valence-electron chi connectivity index (χ0n) is 18.0. The predicted octanol–water partition coefficient (Wildman–Crippen LogP) is 2.32. The maximum atomic E-state index is 13.1. The lowest BCUT2D eigenvalue weighted by atomic mass is 9.97. The Morgan fingerprint density at radius 1 is 0.971 bits per heavy atom. The summed E-state index contributed by atoms with van der Waals surface area (Å²) in [5.74, 6) is -1.11. The minimum absolute atomic E-state index is 0.0121. The first kappa shape index (κ1) is 24.0. The molecule has 2 heterocycles. The van der Waals surface area contributed by atoms with E-state index in [1.165, 1.54) is 52.8 Å². The van der Waals surface area contributed by atoms with Gasteiger partial charge in [-0.1, -0.05) is 5.10 Å². The standard InChI is InChI=1S/C21H21FN4O6S2/c1-33(28,29)17-6-8-18(9-7-17)34(30,31)26-12-10-14(11-13-26)19(27)23-21-25-24-20(32-21)15-2-4-16(22)5-3-15/h2-9,14H,10-13H2,1H3,(H,23,25,27). The van der Waals surface area contributed by atoms with E-state index >= 15 is 0 Å². The van der Waals surface area contributed by atoms with Crippen LogP contribution in [0.5, 0.6) is 0 Å². The summed E-state index contributed by atoms with van der Waals surface area (Å²) in [4.78, 5) is 12.6. The first-order chi connectivity index (χ1) is 16.0. The van der Waals surface area contributed by atoms with Gasteiger partial charge in [-0.2, -0.15) is 4.31 Å². The van der Waals surface area contributed by atoms with Gasteiger partial charge in [0.25, 0.3) is 0 Å². The average molecular weight is 509 g/mol. The number of hydrogen-bond acceptors (Lipinski definition) is 8. The van der Waals surface area contributed by atoms with Crippen molar-refractivity contribution in [1.29, 1.82) is 0 Å². The molecule has 0 saturated carbocycles. The number of rotatable bonds is 6. The summed E-state index contributed by atoms with van der Waals surface area (Å²) in [5.41, 5.74) is 0.498. The van der Waals surface area contributed by atoms with Gasteiger partial charge in [-0.25, -0.2) is 21.2 Å². The van der Waals surface area contributed by atoms with Gasteiger partial charge in [0.15, 0.2) is 9.84 Å². The van der Waals surface area contributed by atoms with Crippen LogP contribution >= 0.6 is 0 Å². The summed E-state index contributed by atoms with van der Waals surface area (Å²) < 4.78 is 68.7. The summed E-state index contributed by atoms with van der Waals surface area (Å²) in [6, 6.07) is 10.4. The van der Waals surface area contributed by atoms with Gasteiger partial charge in [-0.05, 0) is 61.4 Å². The summed E-state index contributed by atoms with van der Waals surface area (Å²) in [6.45, 7) is 0.248. The van der Waals surface area contributed by atoms with Gasteiger partial charge in [0.2, 0.25) is 21.8 Å². The number of aromatic nitrogens is 2. The molecule has 0 atom stereocenters.